The Hall–Kier alpha value is -2.98. The van der Waals surface area contributed by atoms with Gasteiger partial charge in [-0.2, -0.15) is 4.57 Å². The summed E-state index contributed by atoms with van der Waals surface area (Å²) in [6, 6.07) is 1.25. The highest BCUT2D eigenvalue weighted by atomic mass is 19.3. The summed E-state index contributed by atoms with van der Waals surface area (Å²) < 4.78 is 29.2. The predicted octanol–water partition coefficient (Wildman–Crippen LogP) is 0.437. The number of hydrogen-bond donors (Lipinski definition) is 4. The molecule has 2 saturated carbocycles. The van der Waals surface area contributed by atoms with Crippen LogP contribution in [0.3, 0.4) is 0 Å². The standard InChI is InChI=1S/C18H21F2N5O4/c19-18(20)5-3-9(4-6-18)8-24-12-7-11(14(21)26)23-25(12)17(29)13(16(24)28)15(27)22-10-1-2-10/h7,9-10H,1-6,8H2,(H4,21,22,26,27,28,29)/p+1. The highest BCUT2D eigenvalue weighted by Crippen LogP contribution is 2.36. The number of hydrogen-bond acceptors (Lipinski definition) is 4. The van der Waals surface area contributed by atoms with Crippen LogP contribution < -0.4 is 21.2 Å². The van der Waals surface area contributed by atoms with Crippen molar-refractivity contribution in [3.63, 3.8) is 0 Å². The predicted molar refractivity (Wildman–Crippen MR) is 95.8 cm³/mol. The van der Waals surface area contributed by atoms with Gasteiger partial charge in [0.1, 0.15) is 5.69 Å². The van der Waals surface area contributed by atoms with E-state index in [2.05, 4.69) is 10.4 Å². The molecule has 4 rings (SSSR count). The summed E-state index contributed by atoms with van der Waals surface area (Å²) in [4.78, 5) is 36.9. The first-order chi connectivity index (χ1) is 13.7. The number of carbonyl (C=O) groups excluding carboxylic acids is 2. The van der Waals surface area contributed by atoms with E-state index < -0.39 is 34.7 Å². The van der Waals surface area contributed by atoms with Crippen LogP contribution in [0.1, 0.15) is 59.4 Å². The van der Waals surface area contributed by atoms with Gasteiger partial charge in [-0.3, -0.25) is 9.59 Å². The fraction of sp³-hybridized carbons (Fsp3) is 0.556. The van der Waals surface area contributed by atoms with E-state index in [1.54, 1.807) is 0 Å². The lowest BCUT2D eigenvalue weighted by molar-refractivity contribution is -0.688. The van der Waals surface area contributed by atoms with E-state index in [1.807, 2.05) is 0 Å². The molecule has 2 aliphatic rings. The van der Waals surface area contributed by atoms with Crippen molar-refractivity contribution >= 4 is 17.5 Å². The molecule has 0 aromatic carbocycles. The van der Waals surface area contributed by atoms with Crippen molar-refractivity contribution in [3.05, 3.63) is 27.7 Å². The number of H-pyrrole nitrogens is 1. The number of rotatable bonds is 5. The largest absolute Gasteiger partial charge is 0.477 e. The van der Waals surface area contributed by atoms with Gasteiger partial charge in [0.15, 0.2) is 0 Å². The summed E-state index contributed by atoms with van der Waals surface area (Å²) >= 11 is 0. The smallest absolute Gasteiger partial charge is 0.378 e. The van der Waals surface area contributed by atoms with Crippen LogP contribution in [0.4, 0.5) is 8.78 Å². The minimum absolute atomic E-state index is 0.0409. The molecule has 2 aliphatic carbocycles. The maximum absolute atomic E-state index is 13.5. The Morgan fingerprint density at radius 1 is 1.31 bits per heavy atom. The zero-order valence-corrected chi connectivity index (χ0v) is 15.6. The molecule has 0 unspecified atom stereocenters. The quantitative estimate of drug-likeness (QED) is 0.532. The Balaban J connectivity index is 1.78. The number of aromatic hydroxyl groups is 1. The van der Waals surface area contributed by atoms with Crippen LogP contribution in [0.15, 0.2) is 10.9 Å². The Morgan fingerprint density at radius 3 is 2.55 bits per heavy atom. The van der Waals surface area contributed by atoms with Crippen molar-refractivity contribution in [2.75, 3.05) is 0 Å². The normalized spacial score (nSPS) is 19.4. The van der Waals surface area contributed by atoms with E-state index in [1.165, 1.54) is 10.6 Å². The van der Waals surface area contributed by atoms with E-state index in [-0.39, 0.29) is 55.5 Å². The summed E-state index contributed by atoms with van der Waals surface area (Å²) in [5.41, 5.74) is 4.04. The first-order valence-corrected chi connectivity index (χ1v) is 9.55. The lowest BCUT2D eigenvalue weighted by atomic mass is 9.86. The van der Waals surface area contributed by atoms with E-state index in [0.29, 0.717) is 0 Å². The van der Waals surface area contributed by atoms with Crippen molar-refractivity contribution in [1.82, 2.24) is 14.9 Å². The minimum Gasteiger partial charge on any atom is -0.477 e. The second-order valence-electron chi connectivity index (χ2n) is 7.89. The molecule has 156 valence electrons. The number of amides is 2. The third-order valence-corrected chi connectivity index (χ3v) is 5.59. The highest BCUT2D eigenvalue weighted by molar-refractivity contribution is 5.96. The summed E-state index contributed by atoms with van der Waals surface area (Å²) in [6.45, 7) is 0.117. The molecule has 2 fully saturated rings. The molecular formula is C18H22F2N5O4+. The number of aromatic nitrogens is 3. The van der Waals surface area contributed by atoms with E-state index >= 15 is 0 Å². The molecule has 0 bridgehead atoms. The van der Waals surface area contributed by atoms with E-state index in [0.717, 1.165) is 17.4 Å². The summed E-state index contributed by atoms with van der Waals surface area (Å²) in [5, 5.41) is 16.0. The van der Waals surface area contributed by atoms with Gasteiger partial charge < -0.3 is 16.2 Å². The molecule has 11 heteroatoms. The Labute approximate surface area is 163 Å². The number of aromatic amines is 1. The van der Waals surface area contributed by atoms with Crippen LogP contribution in [0.5, 0.6) is 5.88 Å². The van der Waals surface area contributed by atoms with Crippen molar-refractivity contribution in [2.24, 2.45) is 11.7 Å². The second-order valence-corrected chi connectivity index (χ2v) is 7.89. The van der Waals surface area contributed by atoms with Gasteiger partial charge in [-0.25, -0.2) is 18.7 Å². The summed E-state index contributed by atoms with van der Waals surface area (Å²) in [6.07, 6.45) is 1.54. The van der Waals surface area contributed by atoms with Crippen molar-refractivity contribution in [3.8, 4) is 5.88 Å². The first kappa shape index (κ1) is 19.3. The van der Waals surface area contributed by atoms with E-state index in [9.17, 15) is 28.3 Å². The van der Waals surface area contributed by atoms with Gasteiger partial charge in [-0.1, -0.05) is 4.52 Å². The number of alkyl halides is 2. The third kappa shape index (κ3) is 3.68. The molecule has 2 aromatic heterocycles. The average molecular weight is 410 g/mol. The molecule has 2 aromatic rings. The molecular weight excluding hydrogens is 388 g/mol. The molecule has 2 heterocycles. The van der Waals surface area contributed by atoms with Crippen molar-refractivity contribution in [1.29, 1.82) is 0 Å². The number of nitrogens with two attached hydrogens (primary N) is 1. The van der Waals surface area contributed by atoms with Crippen molar-refractivity contribution in [2.45, 2.75) is 57.0 Å². The Kier molecular flexibility index (Phi) is 4.55. The number of nitrogens with one attached hydrogen (secondary N) is 2. The molecule has 0 atom stereocenters. The molecule has 0 aliphatic heterocycles. The number of nitrogens with zero attached hydrogens (tertiary/aromatic N) is 2. The third-order valence-electron chi connectivity index (χ3n) is 5.59. The Bertz CT molecular complexity index is 1050. The van der Waals surface area contributed by atoms with Crippen LogP contribution in [-0.2, 0) is 6.54 Å². The van der Waals surface area contributed by atoms with Crippen LogP contribution in [0, 0.1) is 5.92 Å². The highest BCUT2D eigenvalue weighted by Gasteiger charge is 2.38. The summed E-state index contributed by atoms with van der Waals surface area (Å²) in [5.74, 6) is -4.98. The number of halogens is 2. The van der Waals surface area contributed by atoms with Gasteiger partial charge in [0.2, 0.25) is 11.5 Å². The first-order valence-electron chi connectivity index (χ1n) is 9.55. The van der Waals surface area contributed by atoms with Crippen molar-refractivity contribution < 1.29 is 28.0 Å². The molecule has 2 amide bonds. The zero-order valence-electron chi connectivity index (χ0n) is 15.6. The fourth-order valence-corrected chi connectivity index (χ4v) is 3.74. The fourth-order valence-electron chi connectivity index (χ4n) is 3.74. The monoisotopic (exact) mass is 410 g/mol. The van der Waals surface area contributed by atoms with Crippen LogP contribution in [-0.4, -0.2) is 38.5 Å². The van der Waals surface area contributed by atoms with Crippen LogP contribution in [0.2, 0.25) is 0 Å². The van der Waals surface area contributed by atoms with Gasteiger partial charge in [0.05, 0.1) is 12.6 Å². The summed E-state index contributed by atoms with van der Waals surface area (Å²) in [7, 11) is 0. The van der Waals surface area contributed by atoms with Crippen LogP contribution >= 0.6 is 0 Å². The maximum Gasteiger partial charge on any atom is 0.378 e. The number of primary amides is 1. The Morgan fingerprint density at radius 2 is 1.97 bits per heavy atom. The molecule has 29 heavy (non-hydrogen) atoms. The molecule has 0 spiro atoms. The number of carbonyl (C=O) groups is 2. The molecule has 0 radical (unpaired) electrons. The lowest BCUT2D eigenvalue weighted by Gasteiger charge is -2.27. The topological polar surface area (TPSA) is 134 Å². The van der Waals surface area contributed by atoms with E-state index in [4.69, 9.17) is 5.73 Å². The zero-order chi connectivity index (χ0) is 20.9. The van der Waals surface area contributed by atoms with Gasteiger partial charge in [-0.15, -0.1) is 0 Å². The average Bonchev–Trinajstić information content (AvgIpc) is 3.33. The second kappa shape index (κ2) is 6.82. The molecule has 9 nitrogen and oxygen atoms in total. The van der Waals surface area contributed by atoms with Gasteiger partial charge >= 0.3 is 17.1 Å². The molecule has 5 N–H and O–H groups in total. The van der Waals surface area contributed by atoms with Gasteiger partial charge in [0.25, 0.3) is 11.8 Å². The van der Waals surface area contributed by atoms with Crippen LogP contribution in [0.25, 0.3) is 5.65 Å². The lowest BCUT2D eigenvalue weighted by Crippen LogP contribution is -2.47. The maximum atomic E-state index is 13.5. The molecule has 0 saturated heterocycles. The number of fused-ring (bicyclic) bond motifs is 1. The SMILES string of the molecule is NC(=O)c1cc2n([nH]1)c(=O)c(C(=O)NC1CC1)c(O)[n+]2CC1CCC(F)(F)CC1. The minimum atomic E-state index is -2.70. The van der Waals surface area contributed by atoms with Gasteiger partial charge in [-0.05, 0) is 31.6 Å². The van der Waals surface area contributed by atoms with Gasteiger partial charge in [0, 0.05) is 18.9 Å².